The van der Waals surface area contributed by atoms with Gasteiger partial charge in [0.25, 0.3) is 5.79 Å². The number of carbonyl (C=O) groups excluding carboxylic acids is 2. The van der Waals surface area contributed by atoms with E-state index in [0.717, 1.165) is 0 Å². The fourth-order valence-electron chi connectivity index (χ4n) is 0.995. The Morgan fingerprint density at radius 1 is 1.07 bits per heavy atom. The number of rotatable bonds is 0. The second kappa shape index (κ2) is 4.39. The number of aliphatic hydroxyl groups is 2. The molecule has 1 fully saturated rings. The number of hydrogen-bond acceptors (Lipinski definition) is 6. The summed E-state index contributed by atoms with van der Waals surface area (Å²) in [5.74, 6) is -4.81. The van der Waals surface area contributed by atoms with Crippen molar-refractivity contribution < 1.29 is 29.3 Å². The lowest BCUT2D eigenvalue weighted by Crippen LogP contribution is -2.43. The van der Waals surface area contributed by atoms with E-state index in [9.17, 15) is 9.59 Å². The van der Waals surface area contributed by atoms with Crippen molar-refractivity contribution in [3.05, 3.63) is 0 Å². The van der Waals surface area contributed by atoms with Crippen LogP contribution in [0.3, 0.4) is 0 Å². The third-order valence-electron chi connectivity index (χ3n) is 1.75. The summed E-state index contributed by atoms with van der Waals surface area (Å²) in [6, 6.07) is 0. The molecule has 0 aromatic carbocycles. The van der Waals surface area contributed by atoms with Gasteiger partial charge in [-0.15, -0.1) is 0 Å². The van der Waals surface area contributed by atoms with E-state index in [0.29, 0.717) is 12.8 Å². The summed E-state index contributed by atoms with van der Waals surface area (Å²) in [6.45, 7) is 0.297. The fourth-order valence-corrected chi connectivity index (χ4v) is 0.995. The Hall–Kier alpha value is -1.14. The van der Waals surface area contributed by atoms with Crippen molar-refractivity contribution >= 4 is 11.9 Å². The molecule has 6 heteroatoms. The quantitative estimate of drug-likeness (QED) is 0.386. The Labute approximate surface area is 80.4 Å². The SMILES string of the molecule is O=C1CC(O)(O)C(=O)OCCCCO1. The van der Waals surface area contributed by atoms with Gasteiger partial charge < -0.3 is 19.7 Å². The van der Waals surface area contributed by atoms with E-state index >= 15 is 0 Å². The Morgan fingerprint density at radius 2 is 1.64 bits per heavy atom. The minimum atomic E-state index is -2.77. The summed E-state index contributed by atoms with van der Waals surface area (Å²) in [5, 5.41) is 18.2. The van der Waals surface area contributed by atoms with Gasteiger partial charge in [0, 0.05) is 0 Å². The van der Waals surface area contributed by atoms with Gasteiger partial charge >= 0.3 is 11.9 Å². The molecule has 0 radical (unpaired) electrons. The molecule has 0 aromatic heterocycles. The average Bonchev–Trinajstić information content (AvgIpc) is 2.08. The highest BCUT2D eigenvalue weighted by molar-refractivity contribution is 5.83. The van der Waals surface area contributed by atoms with E-state index in [1.165, 1.54) is 0 Å². The molecule has 0 bridgehead atoms. The van der Waals surface area contributed by atoms with Crippen LogP contribution in [0.4, 0.5) is 0 Å². The van der Waals surface area contributed by atoms with Crippen LogP contribution in [0, 0.1) is 0 Å². The Bertz CT molecular complexity index is 234. The minimum absolute atomic E-state index is 0.0965. The zero-order chi connectivity index (χ0) is 10.6. The van der Waals surface area contributed by atoms with Crippen LogP contribution in [0.2, 0.25) is 0 Å². The van der Waals surface area contributed by atoms with Gasteiger partial charge in [0.15, 0.2) is 0 Å². The Morgan fingerprint density at radius 3 is 2.29 bits per heavy atom. The first-order valence-corrected chi connectivity index (χ1v) is 4.30. The standard InChI is InChI=1S/C8H12O6/c9-6-5-8(11,12)7(10)14-4-2-1-3-13-6/h11-12H,1-5H2. The maximum atomic E-state index is 11.0. The zero-order valence-electron chi connectivity index (χ0n) is 7.56. The summed E-state index contributed by atoms with van der Waals surface area (Å²) in [5.41, 5.74) is 0. The monoisotopic (exact) mass is 204 g/mol. The predicted molar refractivity (Wildman–Crippen MR) is 42.9 cm³/mol. The largest absolute Gasteiger partial charge is 0.466 e. The molecular formula is C8H12O6. The molecule has 2 N–H and O–H groups in total. The first-order chi connectivity index (χ1) is 6.52. The normalized spacial score (nSPS) is 23.6. The van der Waals surface area contributed by atoms with Crippen molar-refractivity contribution in [2.24, 2.45) is 0 Å². The molecule has 0 spiro atoms. The van der Waals surface area contributed by atoms with E-state index in [1.54, 1.807) is 0 Å². The van der Waals surface area contributed by atoms with Gasteiger partial charge in [0.2, 0.25) is 0 Å². The number of carbonyl (C=O) groups is 2. The second-order valence-electron chi connectivity index (χ2n) is 3.06. The van der Waals surface area contributed by atoms with Crippen molar-refractivity contribution in [2.45, 2.75) is 25.0 Å². The lowest BCUT2D eigenvalue weighted by atomic mass is 10.2. The molecule has 1 heterocycles. The summed E-state index contributed by atoms with van der Waals surface area (Å²) < 4.78 is 9.17. The molecule has 1 aliphatic rings. The Kier molecular flexibility index (Phi) is 3.43. The first-order valence-electron chi connectivity index (χ1n) is 4.30. The van der Waals surface area contributed by atoms with E-state index in [2.05, 4.69) is 9.47 Å². The van der Waals surface area contributed by atoms with Crippen LogP contribution in [-0.2, 0) is 19.1 Å². The molecule has 1 saturated heterocycles. The molecule has 6 nitrogen and oxygen atoms in total. The highest BCUT2D eigenvalue weighted by Gasteiger charge is 2.38. The van der Waals surface area contributed by atoms with Gasteiger partial charge in [0.1, 0.15) is 6.42 Å². The van der Waals surface area contributed by atoms with E-state index in [1.807, 2.05) is 0 Å². The van der Waals surface area contributed by atoms with E-state index in [4.69, 9.17) is 10.2 Å². The number of hydrogen-bond donors (Lipinski definition) is 2. The molecule has 0 aliphatic carbocycles. The number of esters is 2. The van der Waals surface area contributed by atoms with Gasteiger partial charge in [-0.1, -0.05) is 0 Å². The van der Waals surface area contributed by atoms with E-state index < -0.39 is 24.1 Å². The minimum Gasteiger partial charge on any atom is -0.466 e. The fraction of sp³-hybridized carbons (Fsp3) is 0.750. The van der Waals surface area contributed by atoms with Gasteiger partial charge in [-0.2, -0.15) is 0 Å². The first kappa shape index (κ1) is 10.9. The highest BCUT2D eigenvalue weighted by atomic mass is 16.6. The smallest absolute Gasteiger partial charge is 0.367 e. The Balaban J connectivity index is 2.63. The molecule has 0 saturated carbocycles. The summed E-state index contributed by atoms with van der Waals surface area (Å²) >= 11 is 0. The van der Waals surface area contributed by atoms with Crippen LogP contribution >= 0.6 is 0 Å². The van der Waals surface area contributed by atoms with Crippen LogP contribution < -0.4 is 0 Å². The zero-order valence-corrected chi connectivity index (χ0v) is 7.56. The van der Waals surface area contributed by atoms with Crippen molar-refractivity contribution in [3.8, 4) is 0 Å². The van der Waals surface area contributed by atoms with Crippen LogP contribution in [0.1, 0.15) is 19.3 Å². The van der Waals surface area contributed by atoms with Crippen molar-refractivity contribution in [3.63, 3.8) is 0 Å². The molecule has 0 amide bonds. The van der Waals surface area contributed by atoms with Gasteiger partial charge in [-0.25, -0.2) is 4.79 Å². The summed E-state index contributed by atoms with van der Waals surface area (Å²) in [6.07, 6.45) is 0.309. The van der Waals surface area contributed by atoms with Crippen molar-refractivity contribution in [1.29, 1.82) is 0 Å². The topological polar surface area (TPSA) is 93.1 Å². The van der Waals surface area contributed by atoms with Gasteiger partial charge in [0.05, 0.1) is 13.2 Å². The maximum absolute atomic E-state index is 11.0. The van der Waals surface area contributed by atoms with Crippen LogP contribution in [0.5, 0.6) is 0 Å². The molecular weight excluding hydrogens is 192 g/mol. The third-order valence-corrected chi connectivity index (χ3v) is 1.75. The molecule has 14 heavy (non-hydrogen) atoms. The molecule has 0 atom stereocenters. The molecule has 1 rings (SSSR count). The molecule has 0 aromatic rings. The average molecular weight is 204 g/mol. The second-order valence-corrected chi connectivity index (χ2v) is 3.06. The third kappa shape index (κ3) is 2.97. The predicted octanol–water partition coefficient (Wildman–Crippen LogP) is -1.06. The molecule has 80 valence electrons. The number of cyclic esters (lactones) is 2. The van der Waals surface area contributed by atoms with Gasteiger partial charge in [-0.05, 0) is 12.8 Å². The lowest BCUT2D eigenvalue weighted by molar-refractivity contribution is -0.216. The maximum Gasteiger partial charge on any atom is 0.367 e. The van der Waals surface area contributed by atoms with E-state index in [-0.39, 0.29) is 13.2 Å². The van der Waals surface area contributed by atoms with Crippen LogP contribution in [0.25, 0.3) is 0 Å². The highest BCUT2D eigenvalue weighted by Crippen LogP contribution is 2.12. The molecule has 1 aliphatic heterocycles. The molecule has 0 unspecified atom stereocenters. The van der Waals surface area contributed by atoms with Crippen LogP contribution in [-0.4, -0.2) is 41.2 Å². The lowest BCUT2D eigenvalue weighted by Gasteiger charge is -2.20. The van der Waals surface area contributed by atoms with Crippen molar-refractivity contribution in [2.75, 3.05) is 13.2 Å². The number of ether oxygens (including phenoxy) is 2. The van der Waals surface area contributed by atoms with Gasteiger partial charge in [-0.3, -0.25) is 4.79 Å². The van der Waals surface area contributed by atoms with Crippen molar-refractivity contribution in [1.82, 2.24) is 0 Å². The summed E-state index contributed by atoms with van der Waals surface area (Å²) in [4.78, 5) is 21.9. The summed E-state index contributed by atoms with van der Waals surface area (Å²) in [7, 11) is 0. The van der Waals surface area contributed by atoms with Crippen LogP contribution in [0.15, 0.2) is 0 Å².